The second kappa shape index (κ2) is 7.64. The summed E-state index contributed by atoms with van der Waals surface area (Å²) in [5.74, 6) is 1.33. The third kappa shape index (κ3) is 3.66. The molecule has 1 aromatic heterocycles. The normalized spacial score (nSPS) is 20.4. The lowest BCUT2D eigenvalue weighted by Crippen LogP contribution is -2.36. The molecule has 0 saturated carbocycles. The van der Waals surface area contributed by atoms with Gasteiger partial charge in [-0.05, 0) is 32.0 Å². The number of carbonyl (C=O) groups excluding carboxylic acids is 1. The molecule has 0 N–H and O–H groups in total. The molecule has 0 unspecified atom stereocenters. The van der Waals surface area contributed by atoms with E-state index < -0.39 is 5.82 Å². The van der Waals surface area contributed by atoms with Gasteiger partial charge in [-0.3, -0.25) is 4.79 Å². The molecule has 0 radical (unpaired) electrons. The van der Waals surface area contributed by atoms with E-state index in [1.165, 1.54) is 12.1 Å². The van der Waals surface area contributed by atoms with Gasteiger partial charge in [0.25, 0.3) is 5.91 Å². The molecule has 8 heteroatoms. The number of ether oxygens (including phenoxy) is 1. The van der Waals surface area contributed by atoms with Gasteiger partial charge in [0.1, 0.15) is 5.82 Å². The molecule has 144 valence electrons. The van der Waals surface area contributed by atoms with Gasteiger partial charge in [0, 0.05) is 32.6 Å². The molecule has 0 aliphatic carbocycles. The number of amides is 1. The lowest BCUT2D eigenvalue weighted by Gasteiger charge is -2.25. The van der Waals surface area contributed by atoms with Gasteiger partial charge < -0.3 is 19.1 Å². The van der Waals surface area contributed by atoms with E-state index in [-0.39, 0.29) is 24.3 Å². The maximum absolute atomic E-state index is 13.7. The van der Waals surface area contributed by atoms with Gasteiger partial charge in [-0.2, -0.15) is 0 Å². The molecule has 2 aliphatic rings. The van der Waals surface area contributed by atoms with Crippen molar-refractivity contribution >= 4 is 5.91 Å². The standard InChI is InChI=1S/C19H24FN5O2/c1-23-10-8-17-21-22-19(25(17)12-11-23)15-6-4-9-24(15)18(26)13-27-16-7-3-2-5-14(16)20/h2-3,5,7,15H,4,6,8-13H2,1H3/t15-/m1/s1. The quantitative estimate of drug-likeness (QED) is 0.815. The average Bonchev–Trinajstić information content (AvgIpc) is 3.26. The third-order valence-electron chi connectivity index (χ3n) is 5.34. The molecule has 3 heterocycles. The van der Waals surface area contributed by atoms with Crippen LogP contribution in [0.4, 0.5) is 4.39 Å². The van der Waals surface area contributed by atoms with E-state index in [0.29, 0.717) is 6.54 Å². The van der Waals surface area contributed by atoms with E-state index in [9.17, 15) is 9.18 Å². The van der Waals surface area contributed by atoms with E-state index in [4.69, 9.17) is 4.74 Å². The summed E-state index contributed by atoms with van der Waals surface area (Å²) in [7, 11) is 2.10. The van der Waals surface area contributed by atoms with Gasteiger partial charge in [-0.25, -0.2) is 4.39 Å². The summed E-state index contributed by atoms with van der Waals surface area (Å²) in [6, 6.07) is 6.03. The largest absolute Gasteiger partial charge is 0.481 e. The zero-order valence-electron chi connectivity index (χ0n) is 15.5. The molecule has 1 aromatic carbocycles. The fourth-order valence-electron chi connectivity index (χ4n) is 3.82. The Hall–Kier alpha value is -2.48. The highest BCUT2D eigenvalue weighted by atomic mass is 19.1. The van der Waals surface area contributed by atoms with E-state index >= 15 is 0 Å². The van der Waals surface area contributed by atoms with Crippen LogP contribution >= 0.6 is 0 Å². The van der Waals surface area contributed by atoms with Gasteiger partial charge in [0.05, 0.1) is 6.04 Å². The van der Waals surface area contributed by atoms with Crippen LogP contribution in [0.15, 0.2) is 24.3 Å². The zero-order chi connectivity index (χ0) is 18.8. The van der Waals surface area contributed by atoms with Gasteiger partial charge in [0.15, 0.2) is 24.0 Å². The molecule has 1 atom stereocenters. The predicted octanol–water partition coefficient (Wildman–Crippen LogP) is 1.65. The van der Waals surface area contributed by atoms with Gasteiger partial charge in [-0.1, -0.05) is 12.1 Å². The number of hydrogen-bond acceptors (Lipinski definition) is 5. The fourth-order valence-corrected chi connectivity index (χ4v) is 3.82. The predicted molar refractivity (Wildman–Crippen MR) is 96.8 cm³/mol. The highest BCUT2D eigenvalue weighted by Gasteiger charge is 2.34. The first-order chi connectivity index (χ1) is 13.1. The van der Waals surface area contributed by atoms with Crippen molar-refractivity contribution in [3.8, 4) is 5.75 Å². The number of likely N-dealkylation sites (tertiary alicyclic amines) is 1. The first-order valence-electron chi connectivity index (χ1n) is 9.41. The highest BCUT2D eigenvalue weighted by molar-refractivity contribution is 5.78. The zero-order valence-corrected chi connectivity index (χ0v) is 15.5. The molecule has 1 amide bonds. The van der Waals surface area contributed by atoms with Crippen molar-refractivity contribution in [2.75, 3.05) is 33.3 Å². The number of aromatic nitrogens is 3. The molecule has 0 spiro atoms. The molecule has 2 aromatic rings. The summed E-state index contributed by atoms with van der Waals surface area (Å²) >= 11 is 0. The van der Waals surface area contributed by atoms with Gasteiger partial charge in [-0.15, -0.1) is 10.2 Å². The Labute approximate surface area is 157 Å². The molecule has 1 fully saturated rings. The first kappa shape index (κ1) is 17.9. The van der Waals surface area contributed by atoms with E-state index in [1.54, 1.807) is 17.0 Å². The van der Waals surface area contributed by atoms with Crippen LogP contribution in [0.1, 0.15) is 30.5 Å². The van der Waals surface area contributed by atoms with Gasteiger partial charge >= 0.3 is 0 Å². The number of benzene rings is 1. The number of fused-ring (bicyclic) bond motifs is 1. The van der Waals surface area contributed by atoms with Crippen LogP contribution in [0.25, 0.3) is 0 Å². The van der Waals surface area contributed by atoms with Crippen molar-refractivity contribution in [3.63, 3.8) is 0 Å². The van der Waals surface area contributed by atoms with Crippen molar-refractivity contribution in [2.45, 2.75) is 31.8 Å². The first-order valence-corrected chi connectivity index (χ1v) is 9.41. The second-order valence-electron chi connectivity index (χ2n) is 7.14. The second-order valence-corrected chi connectivity index (χ2v) is 7.14. The van der Waals surface area contributed by atoms with Crippen molar-refractivity contribution in [2.24, 2.45) is 0 Å². The summed E-state index contributed by atoms with van der Waals surface area (Å²) < 4.78 is 21.3. The Morgan fingerprint density at radius 2 is 2.07 bits per heavy atom. The van der Waals surface area contributed by atoms with Crippen LogP contribution in [-0.2, 0) is 17.8 Å². The average molecular weight is 373 g/mol. The highest BCUT2D eigenvalue weighted by Crippen LogP contribution is 2.32. The van der Waals surface area contributed by atoms with Crippen LogP contribution in [0.5, 0.6) is 5.75 Å². The number of likely N-dealkylation sites (N-methyl/N-ethyl adjacent to an activating group) is 1. The fraction of sp³-hybridized carbons (Fsp3) is 0.526. The monoisotopic (exact) mass is 373 g/mol. The number of nitrogens with zero attached hydrogens (tertiary/aromatic N) is 5. The van der Waals surface area contributed by atoms with Crippen LogP contribution in [0, 0.1) is 5.82 Å². The smallest absolute Gasteiger partial charge is 0.261 e. The molecule has 2 aliphatic heterocycles. The molecular weight excluding hydrogens is 349 g/mol. The Kier molecular flexibility index (Phi) is 5.07. The Balaban J connectivity index is 1.47. The van der Waals surface area contributed by atoms with Crippen molar-refractivity contribution < 1.29 is 13.9 Å². The molecular formula is C19H24FN5O2. The molecule has 4 rings (SSSR count). The molecule has 7 nitrogen and oxygen atoms in total. The van der Waals surface area contributed by atoms with E-state index in [0.717, 1.165) is 50.5 Å². The van der Waals surface area contributed by atoms with Gasteiger partial charge in [0.2, 0.25) is 0 Å². The SMILES string of the molecule is CN1CCc2nnc([C@H]3CCCN3C(=O)COc3ccccc3F)n2CC1. The maximum atomic E-state index is 13.7. The van der Waals surface area contributed by atoms with Crippen LogP contribution in [0.3, 0.4) is 0 Å². The lowest BCUT2D eigenvalue weighted by molar-refractivity contribution is -0.134. The summed E-state index contributed by atoms with van der Waals surface area (Å²) in [4.78, 5) is 16.8. The van der Waals surface area contributed by atoms with E-state index in [1.807, 2.05) is 0 Å². The van der Waals surface area contributed by atoms with Crippen molar-refractivity contribution in [1.29, 1.82) is 0 Å². The molecule has 1 saturated heterocycles. The summed E-state index contributed by atoms with van der Waals surface area (Å²) in [6.07, 6.45) is 2.64. The molecule has 27 heavy (non-hydrogen) atoms. The van der Waals surface area contributed by atoms with Crippen LogP contribution in [-0.4, -0.2) is 63.8 Å². The third-order valence-corrected chi connectivity index (χ3v) is 5.34. The maximum Gasteiger partial charge on any atom is 0.261 e. The van der Waals surface area contributed by atoms with Crippen LogP contribution in [0.2, 0.25) is 0 Å². The Morgan fingerprint density at radius 1 is 1.22 bits per heavy atom. The number of para-hydroxylation sites is 1. The molecule has 0 bridgehead atoms. The van der Waals surface area contributed by atoms with Crippen LogP contribution < -0.4 is 4.74 Å². The number of hydrogen-bond donors (Lipinski definition) is 0. The minimum Gasteiger partial charge on any atom is -0.481 e. The minimum absolute atomic E-state index is 0.0913. The van der Waals surface area contributed by atoms with E-state index in [2.05, 4.69) is 26.7 Å². The van der Waals surface area contributed by atoms with Crippen molar-refractivity contribution in [1.82, 2.24) is 24.6 Å². The number of halogens is 1. The minimum atomic E-state index is -0.463. The summed E-state index contributed by atoms with van der Waals surface area (Å²) in [5, 5.41) is 8.77. The summed E-state index contributed by atoms with van der Waals surface area (Å²) in [6.45, 7) is 3.21. The number of rotatable bonds is 4. The Bertz CT molecular complexity index is 824. The van der Waals surface area contributed by atoms with Crippen molar-refractivity contribution in [3.05, 3.63) is 41.7 Å². The topological polar surface area (TPSA) is 63.5 Å². The summed E-state index contributed by atoms with van der Waals surface area (Å²) in [5.41, 5.74) is 0. The number of carbonyl (C=O) groups is 1. The lowest BCUT2D eigenvalue weighted by atomic mass is 10.2. The Morgan fingerprint density at radius 3 is 2.93 bits per heavy atom.